The molecule has 0 radical (unpaired) electrons. The molecule has 0 aromatic heterocycles. The molecule has 0 amide bonds. The van der Waals surface area contributed by atoms with E-state index in [0.717, 1.165) is 6.42 Å². The Kier molecular flexibility index (Phi) is 2.41. The van der Waals surface area contributed by atoms with Gasteiger partial charge in [0.1, 0.15) is 0 Å². The van der Waals surface area contributed by atoms with Gasteiger partial charge in [-0.25, -0.2) is 0 Å². The fourth-order valence-corrected chi connectivity index (χ4v) is 4.44. The summed E-state index contributed by atoms with van der Waals surface area (Å²) in [6, 6.07) is 25.1. The predicted molar refractivity (Wildman–Crippen MR) is 90.6 cm³/mol. The third-order valence-corrected chi connectivity index (χ3v) is 5.42. The second kappa shape index (κ2) is 4.33. The Labute approximate surface area is 131 Å². The molecule has 0 fully saturated rings. The minimum atomic E-state index is 0.415. The topological polar surface area (TPSA) is 0 Å². The van der Waals surface area contributed by atoms with Crippen LogP contribution < -0.4 is 0 Å². The van der Waals surface area contributed by atoms with Crippen molar-refractivity contribution in [3.8, 4) is 0 Å². The standard InChI is InChI=1S/C22H18/c1-2-14-11-12-19-20(13-14)22-17-9-5-3-7-15(17)21(19)16-8-4-6-10-18(16)22/h3-13,21-22H,2H2,1H3. The van der Waals surface area contributed by atoms with E-state index in [1.165, 1.54) is 38.9 Å². The molecule has 0 N–H and O–H groups in total. The molecule has 3 aromatic carbocycles. The number of aryl methyl sites for hydroxylation is 1. The minimum absolute atomic E-state index is 0.415. The first-order valence-electron chi connectivity index (χ1n) is 8.19. The van der Waals surface area contributed by atoms with Crippen molar-refractivity contribution in [1.29, 1.82) is 0 Å². The molecule has 2 bridgehead atoms. The maximum absolute atomic E-state index is 2.44. The normalized spacial score (nSPS) is 20.2. The summed E-state index contributed by atoms with van der Waals surface area (Å²) in [5, 5.41) is 0. The molecule has 0 heteroatoms. The summed E-state index contributed by atoms with van der Waals surface area (Å²) in [5.74, 6) is 0.831. The Morgan fingerprint density at radius 1 is 0.591 bits per heavy atom. The van der Waals surface area contributed by atoms with Gasteiger partial charge in [0.15, 0.2) is 0 Å². The van der Waals surface area contributed by atoms with Crippen LogP contribution in [0.5, 0.6) is 0 Å². The number of hydrogen-bond acceptors (Lipinski definition) is 0. The van der Waals surface area contributed by atoms with Crippen LogP contribution in [0.3, 0.4) is 0 Å². The first kappa shape index (κ1) is 12.2. The van der Waals surface area contributed by atoms with E-state index in [0.29, 0.717) is 11.8 Å². The molecule has 106 valence electrons. The van der Waals surface area contributed by atoms with Crippen molar-refractivity contribution in [2.24, 2.45) is 0 Å². The summed E-state index contributed by atoms with van der Waals surface area (Å²) in [4.78, 5) is 0. The summed E-state index contributed by atoms with van der Waals surface area (Å²) < 4.78 is 0. The molecule has 0 aliphatic heterocycles. The zero-order valence-electron chi connectivity index (χ0n) is 12.7. The Morgan fingerprint density at radius 3 is 1.55 bits per heavy atom. The lowest BCUT2D eigenvalue weighted by atomic mass is 9.61. The van der Waals surface area contributed by atoms with Crippen LogP contribution in [0.15, 0.2) is 66.7 Å². The molecule has 3 aromatic rings. The summed E-state index contributed by atoms with van der Waals surface area (Å²) in [6.07, 6.45) is 1.11. The second-order valence-electron chi connectivity index (χ2n) is 6.44. The van der Waals surface area contributed by atoms with Crippen LogP contribution in [0.1, 0.15) is 57.7 Å². The van der Waals surface area contributed by atoms with Gasteiger partial charge in [0.2, 0.25) is 0 Å². The monoisotopic (exact) mass is 282 g/mol. The molecule has 0 unspecified atom stereocenters. The summed E-state index contributed by atoms with van der Waals surface area (Å²) >= 11 is 0. The highest BCUT2D eigenvalue weighted by Crippen LogP contribution is 2.55. The predicted octanol–water partition coefficient (Wildman–Crippen LogP) is 5.24. The second-order valence-corrected chi connectivity index (χ2v) is 6.44. The van der Waals surface area contributed by atoms with Crippen LogP contribution >= 0.6 is 0 Å². The molecule has 0 saturated heterocycles. The van der Waals surface area contributed by atoms with E-state index >= 15 is 0 Å². The smallest absolute Gasteiger partial charge is 0.0349 e. The van der Waals surface area contributed by atoms with Gasteiger partial charge in [0, 0.05) is 11.8 Å². The van der Waals surface area contributed by atoms with Gasteiger partial charge in [0.25, 0.3) is 0 Å². The molecule has 3 aliphatic rings. The van der Waals surface area contributed by atoms with Gasteiger partial charge in [-0.3, -0.25) is 0 Å². The first-order chi connectivity index (χ1) is 10.9. The van der Waals surface area contributed by atoms with E-state index in [1.54, 1.807) is 0 Å². The van der Waals surface area contributed by atoms with Gasteiger partial charge in [-0.1, -0.05) is 73.7 Å². The zero-order valence-corrected chi connectivity index (χ0v) is 12.7. The van der Waals surface area contributed by atoms with Crippen molar-refractivity contribution >= 4 is 0 Å². The van der Waals surface area contributed by atoms with Gasteiger partial charge >= 0.3 is 0 Å². The van der Waals surface area contributed by atoms with Crippen LogP contribution in [-0.4, -0.2) is 0 Å². The van der Waals surface area contributed by atoms with Gasteiger partial charge in [-0.15, -0.1) is 0 Å². The Morgan fingerprint density at radius 2 is 1.05 bits per heavy atom. The lowest BCUT2D eigenvalue weighted by Crippen LogP contribution is -2.27. The molecule has 0 saturated carbocycles. The fourth-order valence-electron chi connectivity index (χ4n) is 4.44. The van der Waals surface area contributed by atoms with Crippen molar-refractivity contribution < 1.29 is 0 Å². The van der Waals surface area contributed by atoms with Crippen molar-refractivity contribution in [1.82, 2.24) is 0 Å². The van der Waals surface area contributed by atoms with E-state index in [4.69, 9.17) is 0 Å². The Hall–Kier alpha value is -2.34. The Balaban J connectivity index is 1.87. The molecule has 3 aliphatic carbocycles. The van der Waals surface area contributed by atoms with Crippen LogP contribution in [0.25, 0.3) is 0 Å². The van der Waals surface area contributed by atoms with Crippen LogP contribution in [0.2, 0.25) is 0 Å². The highest BCUT2D eigenvalue weighted by Gasteiger charge is 2.40. The highest BCUT2D eigenvalue weighted by molar-refractivity contribution is 5.68. The van der Waals surface area contributed by atoms with Crippen molar-refractivity contribution in [3.63, 3.8) is 0 Å². The fraction of sp³-hybridized carbons (Fsp3) is 0.182. The van der Waals surface area contributed by atoms with Gasteiger partial charge in [-0.05, 0) is 45.4 Å². The maximum Gasteiger partial charge on any atom is 0.0349 e. The van der Waals surface area contributed by atoms with E-state index in [9.17, 15) is 0 Å². The van der Waals surface area contributed by atoms with Crippen LogP contribution in [0, 0.1) is 0 Å². The van der Waals surface area contributed by atoms with Crippen molar-refractivity contribution in [2.45, 2.75) is 25.2 Å². The molecular weight excluding hydrogens is 264 g/mol. The molecule has 0 atom stereocenters. The third-order valence-electron chi connectivity index (χ3n) is 5.42. The lowest BCUT2D eigenvalue weighted by Gasteiger charge is -2.42. The molecular formula is C22H18. The first-order valence-corrected chi connectivity index (χ1v) is 8.19. The van der Waals surface area contributed by atoms with E-state index in [2.05, 4.69) is 73.7 Å². The SMILES string of the molecule is CCc1ccc2c(c1)C1c3ccccc3C2c2ccccc21. The molecule has 6 rings (SSSR count). The molecule has 0 heterocycles. The van der Waals surface area contributed by atoms with E-state index < -0.39 is 0 Å². The zero-order chi connectivity index (χ0) is 14.7. The number of benzene rings is 3. The average molecular weight is 282 g/mol. The molecule has 22 heavy (non-hydrogen) atoms. The average Bonchev–Trinajstić information content (AvgIpc) is 2.60. The largest absolute Gasteiger partial charge is 0.0619 e. The quantitative estimate of drug-likeness (QED) is 0.394. The summed E-state index contributed by atoms with van der Waals surface area (Å²) in [7, 11) is 0. The summed E-state index contributed by atoms with van der Waals surface area (Å²) in [6.45, 7) is 2.24. The minimum Gasteiger partial charge on any atom is -0.0619 e. The molecule has 0 spiro atoms. The number of rotatable bonds is 1. The maximum atomic E-state index is 2.44. The van der Waals surface area contributed by atoms with E-state index in [1.807, 2.05) is 0 Å². The van der Waals surface area contributed by atoms with Crippen molar-refractivity contribution in [3.05, 3.63) is 106 Å². The van der Waals surface area contributed by atoms with Crippen molar-refractivity contribution in [2.75, 3.05) is 0 Å². The van der Waals surface area contributed by atoms with E-state index in [-0.39, 0.29) is 0 Å². The van der Waals surface area contributed by atoms with Gasteiger partial charge < -0.3 is 0 Å². The van der Waals surface area contributed by atoms with Crippen LogP contribution in [-0.2, 0) is 6.42 Å². The highest BCUT2D eigenvalue weighted by atomic mass is 14.4. The third kappa shape index (κ3) is 1.42. The molecule has 0 nitrogen and oxygen atoms in total. The Bertz CT molecular complexity index is 841. The lowest BCUT2D eigenvalue weighted by molar-refractivity contribution is 0.752. The number of hydrogen-bond donors (Lipinski definition) is 0. The van der Waals surface area contributed by atoms with Crippen LogP contribution in [0.4, 0.5) is 0 Å². The summed E-state index contributed by atoms with van der Waals surface area (Å²) in [5.41, 5.74) is 10.5. The van der Waals surface area contributed by atoms with Gasteiger partial charge in [-0.2, -0.15) is 0 Å². The van der Waals surface area contributed by atoms with Gasteiger partial charge in [0.05, 0.1) is 0 Å².